The third-order valence-corrected chi connectivity index (χ3v) is 5.88. The van der Waals surface area contributed by atoms with Crippen molar-refractivity contribution in [3.05, 3.63) is 18.0 Å². The fraction of sp³-hybridized carbons (Fsp3) is 0.733. The smallest absolute Gasteiger partial charge is 0.244 e. The molecule has 1 unspecified atom stereocenters. The van der Waals surface area contributed by atoms with Crippen molar-refractivity contribution in [2.75, 3.05) is 7.05 Å². The highest BCUT2D eigenvalue weighted by atomic mass is 35.5. The molecule has 4 nitrogen and oxygen atoms in total. The van der Waals surface area contributed by atoms with Crippen LogP contribution in [-0.4, -0.2) is 30.4 Å². The first kappa shape index (κ1) is 18.5. The normalized spacial score (nSPS) is 14.1. The molecule has 6 heteroatoms. The summed E-state index contributed by atoms with van der Waals surface area (Å²) < 4.78 is 28.8. The Bertz CT molecular complexity index is 552. The van der Waals surface area contributed by atoms with Gasteiger partial charge in [0.25, 0.3) is 0 Å². The van der Waals surface area contributed by atoms with E-state index in [2.05, 4.69) is 20.8 Å². The van der Waals surface area contributed by atoms with E-state index in [1.165, 1.54) is 4.31 Å². The Balaban J connectivity index is 3.07. The second-order valence-corrected chi connectivity index (χ2v) is 8.26. The quantitative estimate of drug-likeness (QED) is 0.680. The van der Waals surface area contributed by atoms with E-state index in [0.29, 0.717) is 16.7 Å². The van der Waals surface area contributed by atoms with Gasteiger partial charge in [0.15, 0.2) is 0 Å². The van der Waals surface area contributed by atoms with Gasteiger partial charge in [0.1, 0.15) is 4.90 Å². The highest BCUT2D eigenvalue weighted by molar-refractivity contribution is 7.89. The standard InChI is InChI=1S/C15H27ClN2O2S/c1-6-7-18-11-15(9-14(18)10-16)21(19,20)17(5)13(4)8-12(2)3/h9,11-13H,6-8,10H2,1-5H3. The average molecular weight is 335 g/mol. The molecular formula is C15H27ClN2O2S. The van der Waals surface area contributed by atoms with Gasteiger partial charge in [0, 0.05) is 31.5 Å². The predicted molar refractivity (Wildman–Crippen MR) is 88.1 cm³/mol. The number of rotatable bonds is 8. The Hall–Kier alpha value is -0.520. The largest absolute Gasteiger partial charge is 0.349 e. The number of halogens is 1. The molecule has 0 aromatic carbocycles. The summed E-state index contributed by atoms with van der Waals surface area (Å²) in [6.45, 7) is 8.98. The second kappa shape index (κ2) is 7.65. The van der Waals surface area contributed by atoms with Crippen molar-refractivity contribution in [2.24, 2.45) is 5.92 Å². The van der Waals surface area contributed by atoms with E-state index in [1.807, 2.05) is 11.5 Å². The monoisotopic (exact) mass is 334 g/mol. The minimum absolute atomic E-state index is 0.0241. The number of sulfonamides is 1. The zero-order chi connectivity index (χ0) is 16.2. The Morgan fingerprint density at radius 2 is 1.95 bits per heavy atom. The highest BCUT2D eigenvalue weighted by Gasteiger charge is 2.27. The van der Waals surface area contributed by atoms with Crippen LogP contribution < -0.4 is 0 Å². The van der Waals surface area contributed by atoms with Crippen LogP contribution in [0.5, 0.6) is 0 Å². The number of aryl methyl sites for hydroxylation is 1. The van der Waals surface area contributed by atoms with E-state index >= 15 is 0 Å². The van der Waals surface area contributed by atoms with E-state index in [0.717, 1.165) is 25.1 Å². The van der Waals surface area contributed by atoms with Gasteiger partial charge in [0.05, 0.1) is 5.88 Å². The summed E-state index contributed by atoms with van der Waals surface area (Å²) in [6.07, 6.45) is 3.49. The lowest BCUT2D eigenvalue weighted by atomic mass is 10.1. The SMILES string of the molecule is CCCn1cc(S(=O)(=O)N(C)C(C)CC(C)C)cc1CCl. The Kier molecular flexibility index (Phi) is 6.75. The molecule has 0 saturated heterocycles. The van der Waals surface area contributed by atoms with E-state index in [-0.39, 0.29) is 6.04 Å². The Morgan fingerprint density at radius 3 is 2.43 bits per heavy atom. The van der Waals surface area contributed by atoms with Crippen LogP contribution in [0.25, 0.3) is 0 Å². The van der Waals surface area contributed by atoms with Crippen molar-refractivity contribution in [1.82, 2.24) is 8.87 Å². The molecule has 0 aliphatic carbocycles. The molecule has 1 atom stereocenters. The highest BCUT2D eigenvalue weighted by Crippen LogP contribution is 2.23. The van der Waals surface area contributed by atoms with E-state index in [1.54, 1.807) is 19.3 Å². The van der Waals surface area contributed by atoms with Gasteiger partial charge in [-0.25, -0.2) is 8.42 Å². The number of aromatic nitrogens is 1. The molecule has 0 spiro atoms. The first-order valence-corrected chi connectivity index (χ1v) is 9.44. The molecule has 1 aromatic heterocycles. The summed E-state index contributed by atoms with van der Waals surface area (Å²) in [4.78, 5) is 0.338. The van der Waals surface area contributed by atoms with Crippen LogP contribution in [0.4, 0.5) is 0 Å². The van der Waals surface area contributed by atoms with Crippen LogP contribution >= 0.6 is 11.6 Å². The minimum atomic E-state index is -3.46. The summed E-state index contributed by atoms with van der Waals surface area (Å²) in [5, 5.41) is 0. The van der Waals surface area contributed by atoms with Gasteiger partial charge in [0.2, 0.25) is 10.0 Å². The summed E-state index contributed by atoms with van der Waals surface area (Å²) in [5.41, 5.74) is 0.849. The zero-order valence-corrected chi connectivity index (χ0v) is 15.2. The van der Waals surface area contributed by atoms with Gasteiger partial charge >= 0.3 is 0 Å². The van der Waals surface area contributed by atoms with E-state index < -0.39 is 10.0 Å². The molecule has 0 N–H and O–H groups in total. The molecule has 0 aliphatic rings. The van der Waals surface area contributed by atoms with E-state index in [4.69, 9.17) is 11.6 Å². The summed E-state index contributed by atoms with van der Waals surface area (Å²) in [5.74, 6) is 0.779. The first-order chi connectivity index (χ1) is 9.73. The van der Waals surface area contributed by atoms with Crippen LogP contribution in [-0.2, 0) is 22.4 Å². The molecular weight excluding hydrogens is 308 g/mol. The lowest BCUT2D eigenvalue weighted by Crippen LogP contribution is -2.35. The molecule has 1 aromatic rings. The third kappa shape index (κ3) is 4.47. The topological polar surface area (TPSA) is 42.3 Å². The number of hydrogen-bond donors (Lipinski definition) is 0. The van der Waals surface area contributed by atoms with Crippen molar-refractivity contribution in [2.45, 2.75) is 63.9 Å². The van der Waals surface area contributed by atoms with Crippen molar-refractivity contribution in [3.63, 3.8) is 0 Å². The maximum absolute atomic E-state index is 12.7. The molecule has 122 valence electrons. The molecule has 0 radical (unpaired) electrons. The fourth-order valence-electron chi connectivity index (χ4n) is 2.46. The molecule has 1 heterocycles. The summed E-state index contributed by atoms with van der Waals surface area (Å²) in [6, 6.07) is 1.67. The lowest BCUT2D eigenvalue weighted by molar-refractivity contribution is 0.338. The average Bonchev–Trinajstić information content (AvgIpc) is 2.81. The van der Waals surface area contributed by atoms with Gasteiger partial charge < -0.3 is 4.57 Å². The van der Waals surface area contributed by atoms with Crippen molar-refractivity contribution in [1.29, 1.82) is 0 Å². The van der Waals surface area contributed by atoms with Crippen LogP contribution in [0.3, 0.4) is 0 Å². The Morgan fingerprint density at radius 1 is 1.33 bits per heavy atom. The van der Waals surface area contributed by atoms with Crippen molar-refractivity contribution < 1.29 is 8.42 Å². The van der Waals surface area contributed by atoms with Crippen LogP contribution in [0.2, 0.25) is 0 Å². The van der Waals surface area contributed by atoms with Crippen molar-refractivity contribution in [3.8, 4) is 0 Å². The minimum Gasteiger partial charge on any atom is -0.349 e. The molecule has 0 saturated carbocycles. The van der Waals surface area contributed by atoms with Crippen molar-refractivity contribution >= 4 is 21.6 Å². The van der Waals surface area contributed by atoms with Gasteiger partial charge in [-0.15, -0.1) is 11.6 Å². The van der Waals surface area contributed by atoms with Gasteiger partial charge in [-0.1, -0.05) is 20.8 Å². The van der Waals surface area contributed by atoms with Crippen LogP contribution in [0.1, 0.15) is 46.2 Å². The fourth-order valence-corrected chi connectivity index (χ4v) is 4.13. The Labute approximate surface area is 134 Å². The number of nitrogens with zero attached hydrogens (tertiary/aromatic N) is 2. The number of hydrogen-bond acceptors (Lipinski definition) is 2. The molecule has 0 fully saturated rings. The van der Waals surface area contributed by atoms with Crippen LogP contribution in [0.15, 0.2) is 17.2 Å². The van der Waals surface area contributed by atoms with E-state index in [9.17, 15) is 8.42 Å². The lowest BCUT2D eigenvalue weighted by Gasteiger charge is -2.25. The maximum atomic E-state index is 12.7. The number of alkyl halides is 1. The first-order valence-electron chi connectivity index (χ1n) is 7.47. The van der Waals surface area contributed by atoms with Gasteiger partial charge in [-0.3, -0.25) is 0 Å². The van der Waals surface area contributed by atoms with Gasteiger partial charge in [-0.05, 0) is 31.7 Å². The van der Waals surface area contributed by atoms with Gasteiger partial charge in [-0.2, -0.15) is 4.31 Å². The summed E-state index contributed by atoms with van der Waals surface area (Å²) in [7, 11) is -1.81. The zero-order valence-electron chi connectivity index (χ0n) is 13.6. The molecule has 0 bridgehead atoms. The maximum Gasteiger partial charge on any atom is 0.244 e. The molecule has 0 amide bonds. The predicted octanol–water partition coefficient (Wildman–Crippen LogP) is 3.69. The third-order valence-electron chi connectivity index (χ3n) is 3.67. The second-order valence-electron chi connectivity index (χ2n) is 5.99. The molecule has 0 aliphatic heterocycles. The summed E-state index contributed by atoms with van der Waals surface area (Å²) >= 11 is 5.91. The van der Waals surface area contributed by atoms with Crippen LogP contribution in [0, 0.1) is 5.92 Å². The molecule has 21 heavy (non-hydrogen) atoms. The molecule has 1 rings (SSSR count).